The molecule has 1 amide bonds. The topological polar surface area (TPSA) is 81.7 Å². The average Bonchev–Trinajstić information content (AvgIpc) is 2.75. The maximum atomic E-state index is 12.7. The van der Waals surface area contributed by atoms with Crippen molar-refractivity contribution in [2.75, 3.05) is 0 Å². The maximum absolute atomic E-state index is 12.7. The zero-order valence-electron chi connectivity index (χ0n) is 20.5. The molecule has 184 valence electrons. The summed E-state index contributed by atoms with van der Waals surface area (Å²) in [6.45, 7) is 9.95. The van der Waals surface area contributed by atoms with E-state index in [1.807, 2.05) is 13.8 Å². The standard InChI is InChI=1S/C26H45NO5/c1-5-7-8-9-10-11-12-13-14-16-21(18-24-22(15-6-2)25(29)32-24)31-26(30)23(27-19-28)17-20(3)4/h6,19-24H,2,5,7-18H2,1,3-4H3,(H,27,28)/t21?,22-,23-,24-/m0/s1. The normalized spacial score (nSPS) is 19.6. The van der Waals surface area contributed by atoms with Gasteiger partial charge in [-0.2, -0.15) is 0 Å². The number of unbranched alkanes of at least 4 members (excludes halogenated alkanes) is 8. The lowest BCUT2D eigenvalue weighted by Gasteiger charge is -2.36. The number of hydrogen-bond acceptors (Lipinski definition) is 5. The van der Waals surface area contributed by atoms with Crippen molar-refractivity contribution in [2.24, 2.45) is 11.8 Å². The van der Waals surface area contributed by atoms with Gasteiger partial charge < -0.3 is 14.8 Å². The summed E-state index contributed by atoms with van der Waals surface area (Å²) < 4.78 is 11.2. The first-order chi connectivity index (χ1) is 15.4. The van der Waals surface area contributed by atoms with Gasteiger partial charge in [-0.3, -0.25) is 9.59 Å². The van der Waals surface area contributed by atoms with Crippen molar-refractivity contribution in [1.82, 2.24) is 5.32 Å². The molecule has 0 aliphatic carbocycles. The van der Waals surface area contributed by atoms with Crippen LogP contribution in [-0.2, 0) is 23.9 Å². The predicted molar refractivity (Wildman–Crippen MR) is 127 cm³/mol. The molecule has 6 nitrogen and oxygen atoms in total. The molecule has 1 aliphatic rings. The van der Waals surface area contributed by atoms with Crippen molar-refractivity contribution in [3.63, 3.8) is 0 Å². The second-order valence-electron chi connectivity index (χ2n) is 9.48. The van der Waals surface area contributed by atoms with E-state index in [0.29, 0.717) is 25.7 Å². The first kappa shape index (κ1) is 28.2. The molecule has 1 rings (SSSR count). The van der Waals surface area contributed by atoms with Gasteiger partial charge in [0.05, 0.1) is 5.92 Å². The Kier molecular flexibility index (Phi) is 14.7. The van der Waals surface area contributed by atoms with Crippen LogP contribution in [0.5, 0.6) is 0 Å². The second kappa shape index (κ2) is 16.7. The van der Waals surface area contributed by atoms with E-state index in [-0.39, 0.29) is 30.0 Å². The van der Waals surface area contributed by atoms with Crippen molar-refractivity contribution in [3.8, 4) is 0 Å². The summed E-state index contributed by atoms with van der Waals surface area (Å²) in [5.41, 5.74) is 0. The Morgan fingerprint density at radius 2 is 1.75 bits per heavy atom. The molecular formula is C26H45NO5. The molecular weight excluding hydrogens is 406 g/mol. The van der Waals surface area contributed by atoms with Crippen molar-refractivity contribution < 1.29 is 23.9 Å². The van der Waals surface area contributed by atoms with Crippen LogP contribution < -0.4 is 5.32 Å². The predicted octanol–water partition coefficient (Wildman–Crippen LogP) is 5.49. The number of esters is 2. The lowest BCUT2D eigenvalue weighted by Crippen LogP contribution is -2.47. The highest BCUT2D eigenvalue weighted by Gasteiger charge is 2.43. The smallest absolute Gasteiger partial charge is 0.328 e. The van der Waals surface area contributed by atoms with Crippen LogP contribution >= 0.6 is 0 Å². The van der Waals surface area contributed by atoms with Crippen molar-refractivity contribution in [3.05, 3.63) is 12.7 Å². The lowest BCUT2D eigenvalue weighted by atomic mass is 9.88. The van der Waals surface area contributed by atoms with E-state index in [4.69, 9.17) is 9.47 Å². The number of allylic oxidation sites excluding steroid dienone is 1. The molecule has 0 spiro atoms. The SMILES string of the molecule is C=CC[C@@H]1C(=O)O[C@H]1CC(CCCCCCCCCCC)OC(=O)[C@H](CC(C)C)NC=O. The Hall–Kier alpha value is -1.85. The highest BCUT2D eigenvalue weighted by Crippen LogP contribution is 2.31. The molecule has 1 aliphatic heterocycles. The van der Waals surface area contributed by atoms with Crippen LogP contribution in [0.25, 0.3) is 0 Å². The average molecular weight is 452 g/mol. The van der Waals surface area contributed by atoms with Gasteiger partial charge >= 0.3 is 11.9 Å². The number of carbonyl (C=O) groups is 3. The Balaban J connectivity index is 2.54. The molecule has 0 bridgehead atoms. The van der Waals surface area contributed by atoms with E-state index in [2.05, 4.69) is 18.8 Å². The third-order valence-corrected chi connectivity index (χ3v) is 6.11. The number of nitrogens with one attached hydrogen (secondary N) is 1. The minimum atomic E-state index is -0.647. The number of ether oxygens (including phenoxy) is 2. The van der Waals surface area contributed by atoms with Gasteiger partial charge in [-0.25, -0.2) is 4.79 Å². The number of rotatable bonds is 20. The maximum Gasteiger partial charge on any atom is 0.328 e. The number of cyclic esters (lactones) is 1. The molecule has 1 N–H and O–H groups in total. The molecule has 0 radical (unpaired) electrons. The van der Waals surface area contributed by atoms with Gasteiger partial charge in [-0.05, 0) is 31.6 Å². The Bertz CT molecular complexity index is 562. The van der Waals surface area contributed by atoms with Gasteiger partial charge in [0, 0.05) is 6.42 Å². The monoisotopic (exact) mass is 451 g/mol. The van der Waals surface area contributed by atoms with E-state index in [9.17, 15) is 14.4 Å². The molecule has 1 saturated heterocycles. The molecule has 1 unspecified atom stereocenters. The molecule has 4 atom stereocenters. The molecule has 6 heteroatoms. The Labute approximate surface area is 194 Å². The Morgan fingerprint density at radius 1 is 1.12 bits per heavy atom. The van der Waals surface area contributed by atoms with Gasteiger partial charge in [-0.15, -0.1) is 6.58 Å². The van der Waals surface area contributed by atoms with Gasteiger partial charge in [-0.1, -0.05) is 78.2 Å². The van der Waals surface area contributed by atoms with Crippen molar-refractivity contribution in [2.45, 2.75) is 122 Å². The minimum absolute atomic E-state index is 0.198. The van der Waals surface area contributed by atoms with E-state index < -0.39 is 12.0 Å². The highest BCUT2D eigenvalue weighted by atomic mass is 16.6. The van der Waals surface area contributed by atoms with Crippen LogP contribution in [-0.4, -0.2) is 36.6 Å². The zero-order valence-corrected chi connectivity index (χ0v) is 20.5. The van der Waals surface area contributed by atoms with Crippen LogP contribution in [0, 0.1) is 11.8 Å². The number of carbonyl (C=O) groups excluding carboxylic acids is 3. The molecule has 1 heterocycles. The fourth-order valence-electron chi connectivity index (χ4n) is 4.24. The summed E-state index contributed by atoms with van der Waals surface area (Å²) in [5.74, 6) is -0.558. The van der Waals surface area contributed by atoms with Gasteiger partial charge in [0.15, 0.2) is 0 Å². The van der Waals surface area contributed by atoms with Crippen molar-refractivity contribution >= 4 is 18.3 Å². The van der Waals surface area contributed by atoms with Crippen LogP contribution in [0.15, 0.2) is 12.7 Å². The summed E-state index contributed by atoms with van der Waals surface area (Å²) in [6.07, 6.45) is 15.1. The fraction of sp³-hybridized carbons (Fsp3) is 0.808. The summed E-state index contributed by atoms with van der Waals surface area (Å²) in [4.78, 5) is 35.4. The van der Waals surface area contributed by atoms with Gasteiger partial charge in [0.25, 0.3) is 0 Å². The highest BCUT2D eigenvalue weighted by molar-refractivity contribution is 5.79. The summed E-state index contributed by atoms with van der Waals surface area (Å²) >= 11 is 0. The molecule has 0 aromatic carbocycles. The van der Waals surface area contributed by atoms with Crippen molar-refractivity contribution in [1.29, 1.82) is 0 Å². The van der Waals surface area contributed by atoms with E-state index in [0.717, 1.165) is 19.3 Å². The molecule has 0 aromatic heterocycles. The van der Waals surface area contributed by atoms with E-state index in [1.54, 1.807) is 6.08 Å². The van der Waals surface area contributed by atoms with Crippen LogP contribution in [0.2, 0.25) is 0 Å². The van der Waals surface area contributed by atoms with Crippen LogP contribution in [0.4, 0.5) is 0 Å². The zero-order chi connectivity index (χ0) is 23.8. The first-order valence-electron chi connectivity index (χ1n) is 12.6. The summed E-state index contributed by atoms with van der Waals surface area (Å²) in [6, 6.07) is -0.647. The molecule has 0 aromatic rings. The number of hydrogen-bond donors (Lipinski definition) is 1. The third kappa shape index (κ3) is 11.1. The first-order valence-corrected chi connectivity index (χ1v) is 12.6. The third-order valence-electron chi connectivity index (χ3n) is 6.11. The van der Waals surface area contributed by atoms with Crippen LogP contribution in [0.1, 0.15) is 104 Å². The Morgan fingerprint density at radius 3 is 2.28 bits per heavy atom. The van der Waals surface area contributed by atoms with Gasteiger partial charge in [0.2, 0.25) is 6.41 Å². The van der Waals surface area contributed by atoms with E-state index in [1.165, 1.54) is 44.9 Å². The van der Waals surface area contributed by atoms with E-state index >= 15 is 0 Å². The lowest BCUT2D eigenvalue weighted by molar-refractivity contribution is -0.189. The minimum Gasteiger partial charge on any atom is -0.461 e. The summed E-state index contributed by atoms with van der Waals surface area (Å²) in [7, 11) is 0. The van der Waals surface area contributed by atoms with Crippen LogP contribution in [0.3, 0.4) is 0 Å². The second-order valence-corrected chi connectivity index (χ2v) is 9.48. The number of amides is 1. The quantitative estimate of drug-likeness (QED) is 0.115. The molecule has 0 saturated carbocycles. The summed E-state index contributed by atoms with van der Waals surface area (Å²) in [5, 5.41) is 2.59. The van der Waals surface area contributed by atoms with Gasteiger partial charge in [0.1, 0.15) is 18.2 Å². The molecule has 32 heavy (non-hydrogen) atoms. The largest absolute Gasteiger partial charge is 0.461 e. The fourth-order valence-corrected chi connectivity index (χ4v) is 4.24. The molecule has 1 fully saturated rings.